The molecule has 1 N–H and O–H groups in total. The van der Waals surface area contributed by atoms with Gasteiger partial charge in [-0.2, -0.15) is 4.31 Å². The van der Waals surface area contributed by atoms with E-state index in [0.717, 1.165) is 63.1 Å². The largest absolute Gasteiger partial charge is 0.496 e. The minimum Gasteiger partial charge on any atom is -0.496 e. The van der Waals surface area contributed by atoms with E-state index in [-0.39, 0.29) is 16.6 Å². The summed E-state index contributed by atoms with van der Waals surface area (Å²) in [6.45, 7) is 3.42. The zero-order chi connectivity index (χ0) is 24.1. The monoisotopic (exact) mass is 488 g/mol. The van der Waals surface area contributed by atoms with Gasteiger partial charge in [0.2, 0.25) is 10.0 Å². The minimum atomic E-state index is -3.73. The summed E-state index contributed by atoms with van der Waals surface area (Å²) in [5.74, 6) is 0.873. The first-order chi connectivity index (χ1) is 16.4. The van der Waals surface area contributed by atoms with Crippen molar-refractivity contribution in [3.05, 3.63) is 58.1 Å². The van der Waals surface area contributed by atoms with Crippen LogP contribution >= 0.6 is 0 Å². The van der Waals surface area contributed by atoms with Gasteiger partial charge in [0.05, 0.1) is 16.9 Å². The van der Waals surface area contributed by atoms with E-state index in [9.17, 15) is 18.5 Å². The highest BCUT2D eigenvalue weighted by Gasteiger charge is 2.29. The van der Waals surface area contributed by atoms with Crippen LogP contribution in [0.1, 0.15) is 37.7 Å². The van der Waals surface area contributed by atoms with Crippen molar-refractivity contribution in [3.8, 4) is 5.75 Å². The molecule has 0 atom stereocenters. The first-order valence-electron chi connectivity index (χ1n) is 11.8. The predicted molar refractivity (Wildman–Crippen MR) is 131 cm³/mol. The molecule has 0 aliphatic carbocycles. The molecule has 0 unspecified atom stereocenters. The normalized spacial score (nSPS) is 18.5. The van der Waals surface area contributed by atoms with Crippen LogP contribution < -0.4 is 10.1 Å². The van der Waals surface area contributed by atoms with Crippen LogP contribution in [-0.4, -0.2) is 61.9 Å². The number of nitrogens with zero attached hydrogens (tertiary/aromatic N) is 3. The van der Waals surface area contributed by atoms with Crippen molar-refractivity contribution in [2.24, 2.45) is 0 Å². The summed E-state index contributed by atoms with van der Waals surface area (Å²) in [6, 6.07) is 12.3. The number of para-hydroxylation sites is 1. The van der Waals surface area contributed by atoms with Crippen LogP contribution in [0.3, 0.4) is 0 Å². The predicted octanol–water partition coefficient (Wildman–Crippen LogP) is 3.85. The Morgan fingerprint density at radius 2 is 1.76 bits per heavy atom. The molecule has 184 valence electrons. The Hall–Kier alpha value is -2.69. The van der Waals surface area contributed by atoms with Crippen molar-refractivity contribution in [1.29, 1.82) is 0 Å². The number of anilines is 1. The molecule has 2 aromatic carbocycles. The van der Waals surface area contributed by atoms with Gasteiger partial charge in [-0.3, -0.25) is 15.0 Å². The number of ether oxygens (including phenoxy) is 1. The maximum absolute atomic E-state index is 13.0. The third kappa shape index (κ3) is 5.51. The van der Waals surface area contributed by atoms with Gasteiger partial charge in [-0.25, -0.2) is 8.42 Å². The molecule has 2 aliphatic rings. The summed E-state index contributed by atoms with van der Waals surface area (Å²) in [4.78, 5) is 13.6. The fraction of sp³-hybridized carbons (Fsp3) is 0.500. The van der Waals surface area contributed by atoms with Crippen LogP contribution in [-0.2, 0) is 16.6 Å². The SMILES string of the molecule is COc1ccccc1CN1CCC(Nc2ccc(S(=O)(=O)N3CCCCC3)cc2[N+](=O)[O-])CC1. The standard InChI is InChI=1S/C24H32N4O5S/c1-33-24-8-4-3-7-19(24)18-26-15-11-20(12-16-26)25-22-10-9-21(17-23(22)28(29)30)34(31,32)27-13-5-2-6-14-27/h3-4,7-10,17,20,25H,2,5-6,11-16,18H2,1H3. The van der Waals surface area contributed by atoms with Crippen LogP contribution in [0.25, 0.3) is 0 Å². The molecule has 2 saturated heterocycles. The Balaban J connectivity index is 1.41. The lowest BCUT2D eigenvalue weighted by molar-refractivity contribution is -0.384. The van der Waals surface area contributed by atoms with Crippen molar-refractivity contribution in [2.45, 2.75) is 49.6 Å². The van der Waals surface area contributed by atoms with Crippen molar-refractivity contribution in [1.82, 2.24) is 9.21 Å². The van der Waals surface area contributed by atoms with E-state index in [4.69, 9.17) is 4.74 Å². The van der Waals surface area contributed by atoms with Crippen molar-refractivity contribution in [3.63, 3.8) is 0 Å². The van der Waals surface area contributed by atoms with Gasteiger partial charge in [0.25, 0.3) is 5.69 Å². The number of piperidine rings is 2. The molecule has 2 aromatic rings. The van der Waals surface area contributed by atoms with Gasteiger partial charge in [0.15, 0.2) is 0 Å². The van der Waals surface area contributed by atoms with Crippen molar-refractivity contribution >= 4 is 21.4 Å². The highest BCUT2D eigenvalue weighted by Crippen LogP contribution is 2.32. The summed E-state index contributed by atoms with van der Waals surface area (Å²) in [6.07, 6.45) is 4.31. The Morgan fingerprint density at radius 3 is 2.44 bits per heavy atom. The summed E-state index contributed by atoms with van der Waals surface area (Å²) in [5.41, 5.74) is 1.30. The molecule has 0 aromatic heterocycles. The molecule has 2 fully saturated rings. The van der Waals surface area contributed by atoms with E-state index in [1.807, 2.05) is 18.2 Å². The van der Waals surface area contributed by atoms with Crippen LogP contribution in [0.5, 0.6) is 5.75 Å². The van der Waals surface area contributed by atoms with E-state index in [1.165, 1.54) is 22.5 Å². The number of benzene rings is 2. The number of rotatable bonds is 8. The molecule has 0 radical (unpaired) electrons. The molecule has 10 heteroatoms. The summed E-state index contributed by atoms with van der Waals surface area (Å²) in [5, 5.41) is 15.1. The van der Waals surface area contributed by atoms with Crippen LogP contribution in [0.15, 0.2) is 47.4 Å². The van der Waals surface area contributed by atoms with E-state index in [1.54, 1.807) is 7.11 Å². The van der Waals surface area contributed by atoms with Crippen LogP contribution in [0.4, 0.5) is 11.4 Å². The summed E-state index contributed by atoms with van der Waals surface area (Å²) >= 11 is 0. The van der Waals surface area contributed by atoms with Gasteiger partial charge >= 0.3 is 0 Å². The number of nitrogens with one attached hydrogen (secondary N) is 1. The molecule has 2 heterocycles. The first-order valence-corrected chi connectivity index (χ1v) is 13.2. The average Bonchev–Trinajstić information content (AvgIpc) is 2.86. The second kappa shape index (κ2) is 10.7. The van der Waals surface area contributed by atoms with Gasteiger partial charge in [0.1, 0.15) is 11.4 Å². The molecule has 0 bridgehead atoms. The van der Waals surface area contributed by atoms with Gasteiger partial charge in [0, 0.05) is 50.4 Å². The molecule has 9 nitrogen and oxygen atoms in total. The third-order valence-electron chi connectivity index (χ3n) is 6.65. The molecule has 2 aliphatic heterocycles. The van der Waals surface area contributed by atoms with Gasteiger partial charge in [-0.15, -0.1) is 0 Å². The molecular formula is C24H32N4O5S. The fourth-order valence-corrected chi connectivity index (χ4v) is 6.27. The second-order valence-electron chi connectivity index (χ2n) is 8.91. The number of sulfonamides is 1. The Labute approximate surface area is 200 Å². The highest BCUT2D eigenvalue weighted by molar-refractivity contribution is 7.89. The molecule has 0 amide bonds. The number of hydrogen-bond acceptors (Lipinski definition) is 7. The van der Waals surface area contributed by atoms with Gasteiger partial charge in [-0.1, -0.05) is 24.6 Å². The third-order valence-corrected chi connectivity index (χ3v) is 8.55. The molecular weight excluding hydrogens is 456 g/mol. The van der Waals surface area contributed by atoms with E-state index in [0.29, 0.717) is 18.8 Å². The number of likely N-dealkylation sites (tertiary alicyclic amines) is 1. The lowest BCUT2D eigenvalue weighted by atomic mass is 10.0. The van der Waals surface area contributed by atoms with E-state index in [2.05, 4.69) is 16.3 Å². The molecule has 34 heavy (non-hydrogen) atoms. The Kier molecular flexibility index (Phi) is 7.70. The zero-order valence-electron chi connectivity index (χ0n) is 19.5. The molecule has 4 rings (SSSR count). The average molecular weight is 489 g/mol. The summed E-state index contributed by atoms with van der Waals surface area (Å²) < 4.78 is 32.8. The summed E-state index contributed by atoms with van der Waals surface area (Å²) in [7, 11) is -2.05. The van der Waals surface area contributed by atoms with Crippen LogP contribution in [0.2, 0.25) is 0 Å². The van der Waals surface area contributed by atoms with Crippen molar-refractivity contribution in [2.75, 3.05) is 38.6 Å². The number of hydrogen-bond donors (Lipinski definition) is 1. The van der Waals surface area contributed by atoms with Gasteiger partial charge < -0.3 is 10.1 Å². The van der Waals surface area contributed by atoms with Gasteiger partial charge in [-0.05, 0) is 43.9 Å². The maximum atomic E-state index is 13.0. The minimum absolute atomic E-state index is 0.0155. The Bertz CT molecular complexity index is 1110. The zero-order valence-corrected chi connectivity index (χ0v) is 20.3. The quantitative estimate of drug-likeness (QED) is 0.444. The first kappa shape index (κ1) is 24.4. The number of methoxy groups -OCH3 is 1. The molecule has 0 spiro atoms. The van der Waals surface area contributed by atoms with Crippen molar-refractivity contribution < 1.29 is 18.1 Å². The van der Waals surface area contributed by atoms with E-state index < -0.39 is 14.9 Å². The van der Waals surface area contributed by atoms with E-state index >= 15 is 0 Å². The smallest absolute Gasteiger partial charge is 0.293 e. The fourth-order valence-electron chi connectivity index (χ4n) is 4.73. The number of nitro benzene ring substituents is 1. The highest BCUT2D eigenvalue weighted by atomic mass is 32.2. The molecule has 0 saturated carbocycles. The van der Waals surface area contributed by atoms with Crippen LogP contribution in [0, 0.1) is 10.1 Å². The topological polar surface area (TPSA) is 105 Å². The number of nitro groups is 1. The lowest BCUT2D eigenvalue weighted by Gasteiger charge is -2.33. The second-order valence-corrected chi connectivity index (χ2v) is 10.8. The lowest BCUT2D eigenvalue weighted by Crippen LogP contribution is -2.38. The maximum Gasteiger partial charge on any atom is 0.293 e. The Morgan fingerprint density at radius 1 is 1.06 bits per heavy atom.